The van der Waals surface area contributed by atoms with Crippen molar-refractivity contribution in [1.29, 1.82) is 0 Å². The summed E-state index contributed by atoms with van der Waals surface area (Å²) in [7, 11) is 0. The molecular weight excluding hydrogens is 202 g/mol. The maximum Gasteiger partial charge on any atom is 3.00 e. The summed E-state index contributed by atoms with van der Waals surface area (Å²) in [5, 5.41) is 24.8. The van der Waals surface area contributed by atoms with Crippen molar-refractivity contribution in [1.82, 2.24) is 0 Å². The minimum Gasteiger partial charge on any atom is -0.554 e. The van der Waals surface area contributed by atoms with Gasteiger partial charge in [0.15, 0.2) is 0 Å². The van der Waals surface area contributed by atoms with Crippen molar-refractivity contribution in [2.75, 3.05) is 0 Å². The summed E-state index contributed by atoms with van der Waals surface area (Å²) in [5.74, 6) is 0. The molecule has 0 aromatic carbocycles. The van der Waals surface area contributed by atoms with Crippen LogP contribution in [0, 0.1) is 0 Å². The first kappa shape index (κ1) is 23.0. The van der Waals surface area contributed by atoms with Gasteiger partial charge in [-0.1, -0.05) is 0 Å². The van der Waals surface area contributed by atoms with Crippen LogP contribution >= 0.6 is 0 Å². The van der Waals surface area contributed by atoms with Crippen molar-refractivity contribution in [3.05, 3.63) is 0 Å². The van der Waals surface area contributed by atoms with E-state index in [1.54, 1.807) is 0 Å². The maximum absolute atomic E-state index is 8.25. The number of hydrogen-bond acceptors (Lipinski definition) is 6. The third kappa shape index (κ3) is 283. The van der Waals surface area contributed by atoms with Gasteiger partial charge in [-0.15, -0.1) is 0 Å². The Kier molecular flexibility index (Phi) is 219. The number of hydrogen-bond donors (Lipinski definition) is 0. The van der Waals surface area contributed by atoms with Gasteiger partial charge in [-0.25, -0.2) is 0 Å². The summed E-state index contributed by atoms with van der Waals surface area (Å²) in [6, 6.07) is 0. The zero-order valence-electron chi connectivity index (χ0n) is 4.76. The molecule has 0 aliphatic heterocycles. The normalized spacial score (nSPS) is 3.60. The molecule has 0 heterocycles. The van der Waals surface area contributed by atoms with Crippen molar-refractivity contribution in [2.45, 2.75) is 0 Å². The molecule has 0 spiro atoms. The van der Waals surface area contributed by atoms with Crippen LogP contribution in [0.15, 0.2) is 0 Å². The van der Waals surface area contributed by atoms with E-state index in [9.17, 15) is 0 Å². The third-order valence-electron chi connectivity index (χ3n) is 0. The van der Waals surface area contributed by atoms with Gasteiger partial charge in [0.2, 0.25) is 0 Å². The molecule has 10 heavy (non-hydrogen) atoms. The van der Waals surface area contributed by atoms with Crippen LogP contribution in [0.4, 0.5) is 0 Å². The summed E-state index contributed by atoms with van der Waals surface area (Å²) in [5.41, 5.74) is 0. The van der Waals surface area contributed by atoms with Crippen LogP contribution in [-0.4, -0.2) is 39.2 Å². The Morgan fingerprint density at radius 3 is 0.700 bits per heavy atom. The first-order valence-corrected chi connectivity index (χ1v) is 1.41. The fourth-order valence-electron chi connectivity index (χ4n) is 0. The average Bonchev–Trinajstić information content (AvgIpc) is 1.70. The van der Waals surface area contributed by atoms with Crippen LogP contribution in [-0.2, 0) is 14.4 Å². The van der Waals surface area contributed by atoms with Gasteiger partial charge >= 0.3 is 19.8 Å². The second-order valence-electron chi connectivity index (χ2n) is 0.289. The standard InChI is InChI=1S/3CH2O2.Ga/c3*2-1-3;/h3*1H,(H,2,3);/q;;;+3/p-3. The van der Waals surface area contributed by atoms with E-state index in [-0.39, 0.29) is 19.8 Å². The maximum atomic E-state index is 8.25. The van der Waals surface area contributed by atoms with Crippen molar-refractivity contribution < 1.29 is 29.7 Å². The summed E-state index contributed by atoms with van der Waals surface area (Å²) in [4.78, 5) is 24.8. The van der Waals surface area contributed by atoms with Gasteiger partial charge in [-0.3, -0.25) is 0 Å². The molecule has 0 aromatic rings. The van der Waals surface area contributed by atoms with Crippen LogP contribution in [0.1, 0.15) is 0 Å². The van der Waals surface area contributed by atoms with Gasteiger partial charge in [0.1, 0.15) is 0 Å². The molecule has 0 aliphatic carbocycles. The molecule has 0 N–H and O–H groups in total. The Balaban J connectivity index is -0.0000000257. The predicted octanol–water partition coefficient (Wildman–Crippen LogP) is -5.28. The first-order valence-electron chi connectivity index (χ1n) is 1.41. The quantitative estimate of drug-likeness (QED) is 0.287. The third-order valence-corrected chi connectivity index (χ3v) is 0. The van der Waals surface area contributed by atoms with Crippen LogP contribution in [0.2, 0.25) is 0 Å². The minimum absolute atomic E-state index is 0. The predicted molar refractivity (Wildman–Crippen MR) is 23.9 cm³/mol. The zero-order valence-corrected chi connectivity index (χ0v) is 7.18. The molecule has 0 bridgehead atoms. The Morgan fingerprint density at radius 2 is 0.700 bits per heavy atom. The summed E-state index contributed by atoms with van der Waals surface area (Å²) >= 11 is 0. The first-order chi connectivity index (χ1) is 4.24. The summed E-state index contributed by atoms with van der Waals surface area (Å²) < 4.78 is 0. The number of carbonyl (C=O) groups is 3. The molecule has 0 aromatic heterocycles. The van der Waals surface area contributed by atoms with E-state index < -0.39 is 19.4 Å². The zero-order chi connectivity index (χ0) is 8.12. The van der Waals surface area contributed by atoms with Crippen LogP contribution < -0.4 is 15.3 Å². The molecule has 6 nitrogen and oxygen atoms in total. The molecule has 0 atom stereocenters. The van der Waals surface area contributed by atoms with E-state index in [0.29, 0.717) is 0 Å². The van der Waals surface area contributed by atoms with E-state index in [4.69, 9.17) is 29.7 Å². The fourth-order valence-corrected chi connectivity index (χ4v) is 0. The van der Waals surface area contributed by atoms with Crippen molar-refractivity contribution in [3.63, 3.8) is 0 Å². The van der Waals surface area contributed by atoms with Gasteiger partial charge < -0.3 is 29.7 Å². The summed E-state index contributed by atoms with van der Waals surface area (Å²) in [6.45, 7) is -1.50. The van der Waals surface area contributed by atoms with Gasteiger partial charge in [-0.2, -0.15) is 0 Å². The van der Waals surface area contributed by atoms with Crippen molar-refractivity contribution in [2.24, 2.45) is 0 Å². The largest absolute Gasteiger partial charge is 3.00 e. The van der Waals surface area contributed by atoms with E-state index in [1.165, 1.54) is 0 Å². The number of carbonyl (C=O) groups excluding carboxylic acids is 3. The Morgan fingerprint density at radius 1 is 0.700 bits per heavy atom. The molecule has 0 rings (SSSR count). The van der Waals surface area contributed by atoms with E-state index in [2.05, 4.69) is 0 Å². The molecule has 0 aliphatic rings. The molecule has 0 unspecified atom stereocenters. The second kappa shape index (κ2) is 95.4. The fraction of sp³-hybridized carbons (Fsp3) is 0. The topological polar surface area (TPSA) is 120 Å². The SMILES string of the molecule is O=C[O-].O=C[O-].O=C[O-].[Ga+3]. The van der Waals surface area contributed by atoms with Gasteiger partial charge in [0, 0.05) is 19.4 Å². The molecular formula is C3H3GaO6. The molecule has 0 amide bonds. The smallest absolute Gasteiger partial charge is 0.554 e. The molecule has 0 saturated carbocycles. The van der Waals surface area contributed by atoms with Gasteiger partial charge in [0.25, 0.3) is 0 Å². The Hall–Kier alpha value is -0.954. The molecule has 0 radical (unpaired) electrons. The van der Waals surface area contributed by atoms with E-state index in [0.717, 1.165) is 0 Å². The molecule has 0 saturated heterocycles. The van der Waals surface area contributed by atoms with Crippen molar-refractivity contribution in [3.8, 4) is 0 Å². The monoisotopic (exact) mass is 204 g/mol. The van der Waals surface area contributed by atoms with E-state index in [1.807, 2.05) is 0 Å². The number of rotatable bonds is 0. The van der Waals surface area contributed by atoms with Gasteiger partial charge in [0.05, 0.1) is 0 Å². The van der Waals surface area contributed by atoms with Crippen LogP contribution in [0.3, 0.4) is 0 Å². The average molecular weight is 205 g/mol. The second-order valence-corrected chi connectivity index (χ2v) is 0.289. The summed E-state index contributed by atoms with van der Waals surface area (Å²) in [6.07, 6.45) is 0. The Bertz CT molecular complexity index is 49.7. The minimum atomic E-state index is -0.500. The van der Waals surface area contributed by atoms with E-state index >= 15 is 0 Å². The van der Waals surface area contributed by atoms with Crippen LogP contribution in [0.5, 0.6) is 0 Å². The Labute approximate surface area is 69.5 Å². The molecule has 0 fully saturated rings. The molecule has 7 heteroatoms. The number of carboxylic acid groups (broad SMARTS) is 3. The molecule has 54 valence electrons. The van der Waals surface area contributed by atoms with Crippen molar-refractivity contribution >= 4 is 39.2 Å². The van der Waals surface area contributed by atoms with Gasteiger partial charge in [-0.05, 0) is 0 Å². The van der Waals surface area contributed by atoms with Crippen LogP contribution in [0.25, 0.3) is 0 Å².